The Morgan fingerprint density at radius 3 is 2.67 bits per heavy atom. The Kier molecular flexibility index (Phi) is 3.36. The standard InChI is InChI=1S/C13H24O2/c1-10(2)12(14)8-11-4-7-15-13(9-11)5-3-6-13/h10-12,14H,3-9H2,1-2H3. The first kappa shape index (κ1) is 11.4. The molecular formula is C13H24O2. The van der Waals surface area contributed by atoms with Gasteiger partial charge in [0, 0.05) is 6.61 Å². The van der Waals surface area contributed by atoms with Crippen LogP contribution in [0.5, 0.6) is 0 Å². The van der Waals surface area contributed by atoms with E-state index in [0.717, 1.165) is 19.4 Å². The van der Waals surface area contributed by atoms with Crippen LogP contribution in [0.3, 0.4) is 0 Å². The molecule has 1 aliphatic heterocycles. The minimum Gasteiger partial charge on any atom is -0.393 e. The number of hydrogen-bond acceptors (Lipinski definition) is 2. The lowest BCUT2D eigenvalue weighted by Crippen LogP contribution is -2.46. The van der Waals surface area contributed by atoms with Crippen molar-refractivity contribution in [3.05, 3.63) is 0 Å². The van der Waals surface area contributed by atoms with Crippen molar-refractivity contribution in [3.63, 3.8) is 0 Å². The number of aliphatic hydroxyl groups is 1. The second-order valence-electron chi connectivity index (χ2n) is 5.79. The van der Waals surface area contributed by atoms with Gasteiger partial charge in [-0.05, 0) is 50.4 Å². The molecule has 0 aromatic heterocycles. The lowest BCUT2D eigenvalue weighted by atomic mass is 9.70. The molecule has 1 spiro atoms. The molecule has 2 rings (SSSR count). The van der Waals surface area contributed by atoms with E-state index < -0.39 is 0 Å². The Morgan fingerprint density at radius 2 is 2.13 bits per heavy atom. The summed E-state index contributed by atoms with van der Waals surface area (Å²) in [4.78, 5) is 0. The fourth-order valence-electron chi connectivity index (χ4n) is 2.86. The number of ether oxygens (including phenoxy) is 1. The minimum absolute atomic E-state index is 0.120. The Labute approximate surface area is 93.0 Å². The van der Waals surface area contributed by atoms with Crippen molar-refractivity contribution in [3.8, 4) is 0 Å². The van der Waals surface area contributed by atoms with Gasteiger partial charge in [-0.1, -0.05) is 13.8 Å². The lowest BCUT2D eigenvalue weighted by molar-refractivity contribution is -0.147. The topological polar surface area (TPSA) is 29.5 Å². The SMILES string of the molecule is CC(C)C(O)CC1CCOC2(CCC2)C1. The van der Waals surface area contributed by atoms with Crippen LogP contribution < -0.4 is 0 Å². The fourth-order valence-corrected chi connectivity index (χ4v) is 2.86. The van der Waals surface area contributed by atoms with Gasteiger partial charge in [0.05, 0.1) is 11.7 Å². The van der Waals surface area contributed by atoms with Crippen molar-refractivity contribution in [2.45, 2.75) is 64.1 Å². The molecular weight excluding hydrogens is 188 g/mol. The predicted octanol–water partition coefficient (Wildman–Crippen LogP) is 2.74. The largest absolute Gasteiger partial charge is 0.393 e. The van der Waals surface area contributed by atoms with Crippen molar-refractivity contribution < 1.29 is 9.84 Å². The second-order valence-corrected chi connectivity index (χ2v) is 5.79. The second kappa shape index (κ2) is 4.42. The summed E-state index contributed by atoms with van der Waals surface area (Å²) in [6, 6.07) is 0. The van der Waals surface area contributed by atoms with Crippen LogP contribution in [0.25, 0.3) is 0 Å². The average molecular weight is 212 g/mol. The normalized spacial score (nSPS) is 31.6. The van der Waals surface area contributed by atoms with Gasteiger partial charge in [0.25, 0.3) is 0 Å². The van der Waals surface area contributed by atoms with Crippen LogP contribution in [0.15, 0.2) is 0 Å². The molecule has 88 valence electrons. The molecule has 2 fully saturated rings. The molecule has 0 aromatic rings. The molecule has 0 bridgehead atoms. The molecule has 1 saturated heterocycles. The van der Waals surface area contributed by atoms with E-state index in [2.05, 4.69) is 13.8 Å². The van der Waals surface area contributed by atoms with E-state index in [1.807, 2.05) is 0 Å². The van der Waals surface area contributed by atoms with Gasteiger partial charge in [-0.2, -0.15) is 0 Å². The molecule has 1 aliphatic carbocycles. The van der Waals surface area contributed by atoms with Crippen LogP contribution in [0.4, 0.5) is 0 Å². The van der Waals surface area contributed by atoms with Crippen LogP contribution >= 0.6 is 0 Å². The molecule has 0 radical (unpaired) electrons. The number of hydrogen-bond donors (Lipinski definition) is 1. The average Bonchev–Trinajstić information content (AvgIpc) is 2.15. The van der Waals surface area contributed by atoms with Crippen LogP contribution in [0.1, 0.15) is 52.4 Å². The Balaban J connectivity index is 1.82. The van der Waals surface area contributed by atoms with Crippen LogP contribution in [-0.4, -0.2) is 23.4 Å². The number of aliphatic hydroxyl groups excluding tert-OH is 1. The molecule has 15 heavy (non-hydrogen) atoms. The summed E-state index contributed by atoms with van der Waals surface area (Å²) in [5, 5.41) is 9.90. The summed E-state index contributed by atoms with van der Waals surface area (Å²) in [7, 11) is 0. The van der Waals surface area contributed by atoms with E-state index in [4.69, 9.17) is 4.74 Å². The van der Waals surface area contributed by atoms with Gasteiger partial charge in [0.2, 0.25) is 0 Å². The summed E-state index contributed by atoms with van der Waals surface area (Å²) in [5.41, 5.74) is 0.236. The zero-order valence-electron chi connectivity index (χ0n) is 10.0. The quantitative estimate of drug-likeness (QED) is 0.779. The smallest absolute Gasteiger partial charge is 0.0685 e. The van der Waals surface area contributed by atoms with Gasteiger partial charge in [-0.25, -0.2) is 0 Å². The van der Waals surface area contributed by atoms with Crippen LogP contribution in [0.2, 0.25) is 0 Å². The zero-order valence-corrected chi connectivity index (χ0v) is 10.0. The predicted molar refractivity (Wildman–Crippen MR) is 60.7 cm³/mol. The van der Waals surface area contributed by atoms with Crippen molar-refractivity contribution >= 4 is 0 Å². The maximum atomic E-state index is 9.90. The summed E-state index contributed by atoms with van der Waals surface area (Å²) in [6.45, 7) is 5.11. The van der Waals surface area contributed by atoms with Gasteiger partial charge in [-0.15, -0.1) is 0 Å². The van der Waals surface area contributed by atoms with Gasteiger partial charge in [0.15, 0.2) is 0 Å². The zero-order chi connectivity index (χ0) is 10.9. The Morgan fingerprint density at radius 1 is 1.40 bits per heavy atom. The highest BCUT2D eigenvalue weighted by Crippen LogP contribution is 2.45. The van der Waals surface area contributed by atoms with Crippen molar-refractivity contribution in [2.75, 3.05) is 6.61 Å². The molecule has 2 nitrogen and oxygen atoms in total. The maximum Gasteiger partial charge on any atom is 0.0685 e. The van der Waals surface area contributed by atoms with Gasteiger partial charge < -0.3 is 9.84 Å². The van der Waals surface area contributed by atoms with Gasteiger partial charge in [0.1, 0.15) is 0 Å². The van der Waals surface area contributed by atoms with E-state index in [1.165, 1.54) is 25.7 Å². The van der Waals surface area contributed by atoms with E-state index in [0.29, 0.717) is 11.8 Å². The highest BCUT2D eigenvalue weighted by atomic mass is 16.5. The Bertz CT molecular complexity index is 209. The summed E-state index contributed by atoms with van der Waals surface area (Å²) in [5.74, 6) is 1.08. The third kappa shape index (κ3) is 2.54. The summed E-state index contributed by atoms with van der Waals surface area (Å²) in [6.07, 6.45) is 7.03. The molecule has 2 heteroatoms. The van der Waals surface area contributed by atoms with E-state index >= 15 is 0 Å². The van der Waals surface area contributed by atoms with Crippen molar-refractivity contribution in [1.29, 1.82) is 0 Å². The number of rotatable bonds is 3. The Hall–Kier alpha value is -0.0800. The highest BCUT2D eigenvalue weighted by Gasteiger charge is 2.42. The van der Waals surface area contributed by atoms with E-state index in [9.17, 15) is 5.11 Å². The molecule has 1 N–H and O–H groups in total. The molecule has 1 heterocycles. The first-order chi connectivity index (χ1) is 7.11. The fraction of sp³-hybridized carbons (Fsp3) is 1.00. The third-order valence-corrected chi connectivity index (χ3v) is 4.20. The van der Waals surface area contributed by atoms with Gasteiger partial charge >= 0.3 is 0 Å². The molecule has 1 saturated carbocycles. The highest BCUT2D eigenvalue weighted by molar-refractivity contribution is 4.94. The molecule has 0 aromatic carbocycles. The minimum atomic E-state index is -0.120. The molecule has 0 amide bonds. The lowest BCUT2D eigenvalue weighted by Gasteiger charge is -2.47. The summed E-state index contributed by atoms with van der Waals surface area (Å²) < 4.78 is 5.89. The van der Waals surface area contributed by atoms with E-state index in [-0.39, 0.29) is 11.7 Å². The third-order valence-electron chi connectivity index (χ3n) is 4.20. The first-order valence-electron chi connectivity index (χ1n) is 6.43. The molecule has 2 unspecified atom stereocenters. The van der Waals surface area contributed by atoms with Gasteiger partial charge in [-0.3, -0.25) is 0 Å². The summed E-state index contributed by atoms with van der Waals surface area (Å²) >= 11 is 0. The molecule has 2 atom stereocenters. The van der Waals surface area contributed by atoms with Crippen LogP contribution in [0, 0.1) is 11.8 Å². The maximum absolute atomic E-state index is 9.90. The van der Waals surface area contributed by atoms with Crippen LogP contribution in [-0.2, 0) is 4.74 Å². The molecule has 2 aliphatic rings. The monoisotopic (exact) mass is 212 g/mol. The van der Waals surface area contributed by atoms with Crippen molar-refractivity contribution in [1.82, 2.24) is 0 Å². The van der Waals surface area contributed by atoms with E-state index in [1.54, 1.807) is 0 Å². The first-order valence-corrected chi connectivity index (χ1v) is 6.43. The van der Waals surface area contributed by atoms with Crippen molar-refractivity contribution in [2.24, 2.45) is 11.8 Å².